The van der Waals surface area contributed by atoms with Crippen LogP contribution in [0.15, 0.2) is 30.3 Å². The highest BCUT2D eigenvalue weighted by molar-refractivity contribution is 6.04. The molecule has 0 radical (unpaired) electrons. The second-order valence-electron chi connectivity index (χ2n) is 4.27. The Labute approximate surface area is 122 Å². The van der Waals surface area contributed by atoms with E-state index in [0.717, 1.165) is 10.9 Å². The summed E-state index contributed by atoms with van der Waals surface area (Å²) < 4.78 is 9.88. The molecule has 1 aromatic carbocycles. The maximum atomic E-state index is 12.0. The first-order valence-corrected chi connectivity index (χ1v) is 6.80. The zero-order chi connectivity index (χ0) is 15.2. The molecule has 21 heavy (non-hydrogen) atoms. The highest BCUT2D eigenvalue weighted by atomic mass is 16.5. The molecule has 0 saturated heterocycles. The van der Waals surface area contributed by atoms with Gasteiger partial charge >= 0.3 is 11.9 Å². The molecule has 0 aliphatic heterocycles. The predicted molar refractivity (Wildman–Crippen MR) is 79.9 cm³/mol. The topological polar surface area (TPSA) is 68.4 Å². The molecule has 0 aliphatic rings. The van der Waals surface area contributed by atoms with Gasteiger partial charge in [0, 0.05) is 22.5 Å². The number of nitrogens with one attached hydrogen (secondary N) is 1. The van der Waals surface area contributed by atoms with E-state index in [1.807, 2.05) is 24.3 Å². The van der Waals surface area contributed by atoms with Crippen LogP contribution < -0.4 is 0 Å². The molecule has 1 aromatic heterocycles. The van der Waals surface area contributed by atoms with Crippen LogP contribution in [0.3, 0.4) is 0 Å². The van der Waals surface area contributed by atoms with Gasteiger partial charge in [-0.05, 0) is 26.0 Å². The smallest absolute Gasteiger partial charge is 0.355 e. The average Bonchev–Trinajstić information content (AvgIpc) is 2.84. The van der Waals surface area contributed by atoms with Crippen molar-refractivity contribution in [2.75, 3.05) is 13.2 Å². The van der Waals surface area contributed by atoms with Crippen molar-refractivity contribution < 1.29 is 19.1 Å². The van der Waals surface area contributed by atoms with Crippen LogP contribution in [-0.4, -0.2) is 30.1 Å². The van der Waals surface area contributed by atoms with Crippen molar-refractivity contribution >= 4 is 28.9 Å². The number of hydrogen-bond donors (Lipinski definition) is 1. The average molecular weight is 287 g/mol. The van der Waals surface area contributed by atoms with Crippen LogP contribution in [0, 0.1) is 0 Å². The van der Waals surface area contributed by atoms with Gasteiger partial charge in [-0.25, -0.2) is 9.59 Å². The van der Waals surface area contributed by atoms with E-state index in [2.05, 4.69) is 4.98 Å². The van der Waals surface area contributed by atoms with E-state index in [9.17, 15) is 9.59 Å². The Morgan fingerprint density at radius 2 is 1.86 bits per heavy atom. The Hall–Kier alpha value is -2.56. The fourth-order valence-electron chi connectivity index (χ4n) is 2.04. The third kappa shape index (κ3) is 3.31. The van der Waals surface area contributed by atoms with E-state index >= 15 is 0 Å². The van der Waals surface area contributed by atoms with Crippen molar-refractivity contribution in [1.82, 2.24) is 4.98 Å². The van der Waals surface area contributed by atoms with Gasteiger partial charge in [-0.3, -0.25) is 0 Å². The van der Waals surface area contributed by atoms with E-state index in [-0.39, 0.29) is 6.61 Å². The lowest BCUT2D eigenvalue weighted by molar-refractivity contribution is -0.137. The largest absolute Gasteiger partial charge is 0.463 e. The van der Waals surface area contributed by atoms with Crippen molar-refractivity contribution in [3.05, 3.63) is 41.6 Å². The second kappa shape index (κ2) is 6.74. The van der Waals surface area contributed by atoms with E-state index in [1.54, 1.807) is 19.9 Å². The lowest BCUT2D eigenvalue weighted by atomic mass is 10.1. The van der Waals surface area contributed by atoms with Gasteiger partial charge in [-0.15, -0.1) is 0 Å². The fourth-order valence-corrected chi connectivity index (χ4v) is 2.04. The van der Waals surface area contributed by atoms with Gasteiger partial charge in [0.1, 0.15) is 5.69 Å². The highest BCUT2D eigenvalue weighted by Crippen LogP contribution is 2.24. The molecule has 2 rings (SSSR count). The second-order valence-corrected chi connectivity index (χ2v) is 4.27. The molecule has 0 unspecified atom stereocenters. The third-order valence-electron chi connectivity index (χ3n) is 2.90. The summed E-state index contributed by atoms with van der Waals surface area (Å²) in [5, 5.41) is 0.848. The number of aromatic amines is 1. The number of aromatic nitrogens is 1. The van der Waals surface area contributed by atoms with Gasteiger partial charge in [-0.2, -0.15) is 0 Å². The summed E-state index contributed by atoms with van der Waals surface area (Å²) in [6.45, 7) is 4.08. The Bertz CT molecular complexity index is 685. The molecule has 0 saturated carbocycles. The third-order valence-corrected chi connectivity index (χ3v) is 2.90. The maximum absolute atomic E-state index is 12.0. The lowest BCUT2D eigenvalue weighted by Crippen LogP contribution is -2.06. The monoisotopic (exact) mass is 287 g/mol. The number of ether oxygens (including phenoxy) is 2. The van der Waals surface area contributed by atoms with Crippen LogP contribution in [0.25, 0.3) is 17.0 Å². The molecule has 1 N–H and O–H groups in total. The van der Waals surface area contributed by atoms with Gasteiger partial charge in [0.2, 0.25) is 0 Å². The van der Waals surface area contributed by atoms with Crippen molar-refractivity contribution in [1.29, 1.82) is 0 Å². The molecule has 0 bridgehead atoms. The minimum atomic E-state index is -0.447. The van der Waals surface area contributed by atoms with Crippen molar-refractivity contribution in [2.24, 2.45) is 0 Å². The molecule has 2 aromatic rings. The van der Waals surface area contributed by atoms with Crippen molar-refractivity contribution in [3.8, 4) is 0 Å². The number of hydrogen-bond acceptors (Lipinski definition) is 4. The number of fused-ring (bicyclic) bond motifs is 1. The summed E-state index contributed by atoms with van der Waals surface area (Å²) in [6.07, 6.45) is 2.88. The van der Waals surface area contributed by atoms with Crippen LogP contribution in [0.5, 0.6) is 0 Å². The zero-order valence-electron chi connectivity index (χ0n) is 12.0. The lowest BCUT2D eigenvalue weighted by Gasteiger charge is -2.01. The Balaban J connectivity index is 2.45. The van der Waals surface area contributed by atoms with E-state index in [4.69, 9.17) is 9.47 Å². The van der Waals surface area contributed by atoms with Crippen LogP contribution in [0.2, 0.25) is 0 Å². The maximum Gasteiger partial charge on any atom is 0.355 e. The molecule has 0 spiro atoms. The number of esters is 2. The van der Waals surface area contributed by atoms with Crippen LogP contribution in [0.1, 0.15) is 29.9 Å². The summed E-state index contributed by atoms with van der Waals surface area (Å²) in [5.41, 5.74) is 1.76. The van der Waals surface area contributed by atoms with E-state index in [1.165, 1.54) is 6.08 Å². The molecule has 110 valence electrons. The summed E-state index contributed by atoms with van der Waals surface area (Å²) in [4.78, 5) is 26.5. The molecule has 0 fully saturated rings. The van der Waals surface area contributed by atoms with Crippen LogP contribution >= 0.6 is 0 Å². The number of carbonyl (C=O) groups is 2. The summed E-state index contributed by atoms with van der Waals surface area (Å²) >= 11 is 0. The summed E-state index contributed by atoms with van der Waals surface area (Å²) in [7, 11) is 0. The Morgan fingerprint density at radius 3 is 2.57 bits per heavy atom. The van der Waals surface area contributed by atoms with Crippen molar-refractivity contribution in [3.63, 3.8) is 0 Å². The molecular formula is C16H17NO4. The zero-order valence-corrected chi connectivity index (χ0v) is 12.0. The molecule has 5 nitrogen and oxygen atoms in total. The molecule has 1 heterocycles. The Kier molecular flexibility index (Phi) is 4.77. The molecular weight excluding hydrogens is 270 g/mol. The van der Waals surface area contributed by atoms with Gasteiger partial charge in [-0.1, -0.05) is 18.2 Å². The molecule has 0 amide bonds. The quantitative estimate of drug-likeness (QED) is 0.678. The summed E-state index contributed by atoms with van der Waals surface area (Å²) in [6, 6.07) is 7.47. The van der Waals surface area contributed by atoms with Crippen LogP contribution in [0.4, 0.5) is 0 Å². The normalized spacial score (nSPS) is 11.0. The minimum Gasteiger partial charge on any atom is -0.463 e. The SMILES string of the molecule is CCOC(=O)/C=C/c1c(C(=O)OCC)[nH]c2ccccc12. The standard InChI is InChI=1S/C16H17NO4/c1-3-20-14(18)10-9-12-11-7-5-6-8-13(11)17-15(12)16(19)21-4-2/h5-10,17H,3-4H2,1-2H3/b10-9+. The first-order chi connectivity index (χ1) is 10.2. The van der Waals surface area contributed by atoms with Gasteiger partial charge in [0.15, 0.2) is 0 Å². The molecule has 5 heteroatoms. The minimum absolute atomic E-state index is 0.287. The first kappa shape index (κ1) is 14.8. The van der Waals surface area contributed by atoms with Gasteiger partial charge < -0.3 is 14.5 Å². The molecule has 0 aliphatic carbocycles. The predicted octanol–water partition coefficient (Wildman–Crippen LogP) is 2.92. The van der Waals surface area contributed by atoms with E-state index in [0.29, 0.717) is 17.9 Å². The van der Waals surface area contributed by atoms with Gasteiger partial charge in [0.05, 0.1) is 13.2 Å². The van der Waals surface area contributed by atoms with Crippen LogP contribution in [-0.2, 0) is 14.3 Å². The number of rotatable bonds is 5. The van der Waals surface area contributed by atoms with E-state index < -0.39 is 11.9 Å². The number of H-pyrrole nitrogens is 1. The molecule has 0 atom stereocenters. The van der Waals surface area contributed by atoms with Crippen molar-refractivity contribution in [2.45, 2.75) is 13.8 Å². The number of para-hydroxylation sites is 1. The number of carbonyl (C=O) groups excluding carboxylic acids is 2. The number of benzene rings is 1. The summed E-state index contributed by atoms with van der Waals surface area (Å²) in [5.74, 6) is -0.894. The first-order valence-electron chi connectivity index (χ1n) is 6.80. The van der Waals surface area contributed by atoms with Gasteiger partial charge in [0.25, 0.3) is 0 Å². The highest BCUT2D eigenvalue weighted by Gasteiger charge is 2.17. The fraction of sp³-hybridized carbons (Fsp3) is 0.250. The Morgan fingerprint density at radius 1 is 1.14 bits per heavy atom.